The molecule has 86 valence electrons. The molecule has 3 nitrogen and oxygen atoms in total. The molecule has 0 aliphatic carbocycles. The number of benzene rings is 1. The van der Waals surface area contributed by atoms with Crippen molar-refractivity contribution in [2.75, 3.05) is 0 Å². The third-order valence-electron chi connectivity index (χ3n) is 2.38. The normalized spacial score (nSPS) is 12.2. The number of imidazole rings is 1. The first-order chi connectivity index (χ1) is 7.38. The van der Waals surface area contributed by atoms with Gasteiger partial charge in [-0.05, 0) is 17.5 Å². The summed E-state index contributed by atoms with van der Waals surface area (Å²) in [6.45, 7) is 6.93. The van der Waals surface area contributed by atoms with Crippen molar-refractivity contribution in [3.63, 3.8) is 0 Å². The van der Waals surface area contributed by atoms with Gasteiger partial charge in [0.2, 0.25) is 0 Å². The molecule has 1 aromatic carbocycles. The molecule has 16 heavy (non-hydrogen) atoms. The Bertz CT molecular complexity index is 575. The molecule has 2 rings (SSSR count). The second kappa shape index (κ2) is 3.67. The van der Waals surface area contributed by atoms with E-state index in [1.54, 1.807) is 10.6 Å². The van der Waals surface area contributed by atoms with E-state index >= 15 is 0 Å². The lowest BCUT2D eigenvalue weighted by atomic mass is 9.97. The first-order valence-electron chi connectivity index (χ1n) is 5.25. The number of para-hydroxylation sites is 1. The molecule has 0 fully saturated rings. The van der Waals surface area contributed by atoms with Crippen LogP contribution in [0.5, 0.6) is 0 Å². The summed E-state index contributed by atoms with van der Waals surface area (Å²) < 4.78 is 1.71. The van der Waals surface area contributed by atoms with Crippen LogP contribution >= 0.6 is 11.6 Å². The van der Waals surface area contributed by atoms with Crippen LogP contribution in [0.1, 0.15) is 20.8 Å². The van der Waals surface area contributed by atoms with Crippen LogP contribution in [0, 0.1) is 5.41 Å². The molecule has 0 spiro atoms. The molecule has 0 unspecified atom stereocenters. The van der Waals surface area contributed by atoms with Crippen LogP contribution in [0.15, 0.2) is 23.0 Å². The fourth-order valence-electron chi connectivity index (χ4n) is 1.80. The van der Waals surface area contributed by atoms with Crippen molar-refractivity contribution >= 4 is 22.6 Å². The summed E-state index contributed by atoms with van der Waals surface area (Å²) in [4.78, 5) is 14.6. The highest BCUT2D eigenvalue weighted by molar-refractivity contribution is 6.34. The Morgan fingerprint density at radius 2 is 2.06 bits per heavy atom. The molecular weight excluding hydrogens is 224 g/mol. The largest absolute Gasteiger partial charge is 0.326 e. The van der Waals surface area contributed by atoms with Gasteiger partial charge in [0, 0.05) is 6.54 Å². The Morgan fingerprint density at radius 3 is 2.69 bits per heavy atom. The molecule has 0 aliphatic rings. The molecule has 4 heteroatoms. The zero-order valence-corrected chi connectivity index (χ0v) is 10.4. The minimum absolute atomic E-state index is 0.0398. The summed E-state index contributed by atoms with van der Waals surface area (Å²) in [5.41, 5.74) is 1.53. The molecule has 0 atom stereocenters. The maximum atomic E-state index is 11.8. The van der Waals surface area contributed by atoms with Crippen molar-refractivity contribution in [2.45, 2.75) is 27.3 Å². The molecule has 1 N–H and O–H groups in total. The van der Waals surface area contributed by atoms with Gasteiger partial charge in [-0.3, -0.25) is 4.57 Å². The third kappa shape index (κ3) is 2.00. The fourth-order valence-corrected chi connectivity index (χ4v) is 2.08. The number of aromatic amines is 1. The van der Waals surface area contributed by atoms with Gasteiger partial charge in [0.25, 0.3) is 0 Å². The molecule has 0 amide bonds. The summed E-state index contributed by atoms with van der Waals surface area (Å²) in [6, 6.07) is 5.50. The van der Waals surface area contributed by atoms with E-state index in [0.29, 0.717) is 11.6 Å². The van der Waals surface area contributed by atoms with Crippen LogP contribution in [0.25, 0.3) is 11.0 Å². The van der Waals surface area contributed by atoms with Crippen molar-refractivity contribution < 1.29 is 0 Å². The van der Waals surface area contributed by atoms with Crippen LogP contribution in [0.3, 0.4) is 0 Å². The lowest BCUT2D eigenvalue weighted by Gasteiger charge is -2.18. The monoisotopic (exact) mass is 238 g/mol. The van der Waals surface area contributed by atoms with Crippen LogP contribution in [0.2, 0.25) is 5.02 Å². The zero-order valence-electron chi connectivity index (χ0n) is 9.67. The third-order valence-corrected chi connectivity index (χ3v) is 2.68. The maximum Gasteiger partial charge on any atom is 0.326 e. The minimum atomic E-state index is -0.0991. The summed E-state index contributed by atoms with van der Waals surface area (Å²) in [6.07, 6.45) is 0. The Morgan fingerprint density at radius 1 is 1.38 bits per heavy atom. The maximum absolute atomic E-state index is 11.8. The molecule has 1 heterocycles. The van der Waals surface area contributed by atoms with Gasteiger partial charge in [-0.2, -0.15) is 0 Å². The van der Waals surface area contributed by atoms with Crippen LogP contribution < -0.4 is 5.69 Å². The molecule has 0 saturated carbocycles. The van der Waals surface area contributed by atoms with Gasteiger partial charge >= 0.3 is 5.69 Å². The Kier molecular flexibility index (Phi) is 2.58. The highest BCUT2D eigenvalue weighted by Gasteiger charge is 2.16. The number of aromatic nitrogens is 2. The number of nitrogens with zero attached hydrogens (tertiary/aromatic N) is 1. The summed E-state index contributed by atoms with van der Waals surface area (Å²) >= 11 is 6.12. The quantitative estimate of drug-likeness (QED) is 0.815. The highest BCUT2D eigenvalue weighted by atomic mass is 35.5. The predicted molar refractivity (Wildman–Crippen MR) is 67.0 cm³/mol. The van der Waals surface area contributed by atoms with Gasteiger partial charge in [-0.15, -0.1) is 0 Å². The number of hydrogen-bond donors (Lipinski definition) is 1. The van der Waals surface area contributed by atoms with E-state index < -0.39 is 0 Å². The Hall–Kier alpha value is -1.22. The fraction of sp³-hybridized carbons (Fsp3) is 0.417. The molecule has 0 bridgehead atoms. The molecule has 2 aromatic rings. The van der Waals surface area contributed by atoms with E-state index in [-0.39, 0.29) is 11.1 Å². The van der Waals surface area contributed by atoms with Crippen molar-refractivity contribution in [1.29, 1.82) is 0 Å². The average molecular weight is 239 g/mol. The summed E-state index contributed by atoms with van der Waals surface area (Å²) in [7, 11) is 0. The van der Waals surface area contributed by atoms with Gasteiger partial charge in [0.15, 0.2) is 0 Å². The second-order valence-corrected chi connectivity index (χ2v) is 5.62. The molecular formula is C12H15ClN2O. The van der Waals surface area contributed by atoms with Gasteiger partial charge < -0.3 is 4.98 Å². The van der Waals surface area contributed by atoms with Crippen molar-refractivity contribution in [2.24, 2.45) is 5.41 Å². The molecule has 0 saturated heterocycles. The van der Waals surface area contributed by atoms with Crippen molar-refractivity contribution in [3.8, 4) is 0 Å². The highest BCUT2D eigenvalue weighted by Crippen LogP contribution is 2.24. The number of nitrogens with one attached hydrogen (secondary N) is 1. The number of rotatable bonds is 1. The van der Waals surface area contributed by atoms with Gasteiger partial charge in [-0.1, -0.05) is 38.4 Å². The smallest absolute Gasteiger partial charge is 0.305 e. The standard InChI is InChI=1S/C12H15ClN2O/c1-12(2,3)7-15-10-8(13)5-4-6-9(10)14-11(15)16/h4-6H,7H2,1-3H3,(H,14,16). The van der Waals surface area contributed by atoms with E-state index in [1.165, 1.54) is 0 Å². The lowest BCUT2D eigenvalue weighted by Crippen LogP contribution is -2.24. The van der Waals surface area contributed by atoms with E-state index in [0.717, 1.165) is 11.0 Å². The van der Waals surface area contributed by atoms with Crippen LogP contribution in [-0.2, 0) is 6.54 Å². The molecule has 1 aromatic heterocycles. The van der Waals surface area contributed by atoms with E-state index in [1.807, 2.05) is 12.1 Å². The van der Waals surface area contributed by atoms with Crippen molar-refractivity contribution in [1.82, 2.24) is 9.55 Å². The first kappa shape index (κ1) is 11.3. The topological polar surface area (TPSA) is 37.8 Å². The number of H-pyrrole nitrogens is 1. The first-order valence-corrected chi connectivity index (χ1v) is 5.63. The van der Waals surface area contributed by atoms with Crippen LogP contribution in [0.4, 0.5) is 0 Å². The van der Waals surface area contributed by atoms with Crippen molar-refractivity contribution in [3.05, 3.63) is 33.7 Å². The summed E-state index contributed by atoms with van der Waals surface area (Å²) in [5, 5.41) is 0.611. The predicted octanol–water partition coefficient (Wildman–Crippen LogP) is 3.03. The number of hydrogen-bond acceptors (Lipinski definition) is 1. The van der Waals surface area contributed by atoms with Gasteiger partial charge in [-0.25, -0.2) is 4.79 Å². The lowest BCUT2D eigenvalue weighted by molar-refractivity contribution is 0.344. The molecule has 0 aliphatic heterocycles. The number of fused-ring (bicyclic) bond motifs is 1. The summed E-state index contributed by atoms with van der Waals surface area (Å²) in [5.74, 6) is 0. The number of halogens is 1. The molecule has 0 radical (unpaired) electrons. The zero-order chi connectivity index (χ0) is 11.9. The minimum Gasteiger partial charge on any atom is -0.305 e. The van der Waals surface area contributed by atoms with E-state index in [9.17, 15) is 4.79 Å². The Labute approximate surface area is 99.0 Å². The SMILES string of the molecule is CC(C)(C)Cn1c(=O)[nH]c2cccc(Cl)c21. The van der Waals surface area contributed by atoms with Gasteiger partial charge in [0.05, 0.1) is 16.1 Å². The van der Waals surface area contributed by atoms with E-state index in [4.69, 9.17) is 11.6 Å². The van der Waals surface area contributed by atoms with E-state index in [2.05, 4.69) is 25.8 Å². The van der Waals surface area contributed by atoms with Crippen LogP contribution in [-0.4, -0.2) is 9.55 Å². The average Bonchev–Trinajstić information content (AvgIpc) is 2.42. The Balaban J connectivity index is 2.69. The second-order valence-electron chi connectivity index (χ2n) is 5.21. The van der Waals surface area contributed by atoms with Gasteiger partial charge in [0.1, 0.15) is 0 Å².